The predicted octanol–water partition coefficient (Wildman–Crippen LogP) is 1.87. The lowest BCUT2D eigenvalue weighted by molar-refractivity contribution is 0.0900. The van der Waals surface area contributed by atoms with Gasteiger partial charge in [-0.2, -0.15) is 0 Å². The maximum Gasteiger partial charge on any atom is 0.111 e. The SMILES string of the molecule is CC(O)c1cn(C2CN(Cc3cccc4[nH]ccc34)C2)nn1. The fourth-order valence-electron chi connectivity index (χ4n) is 3.03. The normalized spacial score (nSPS) is 17.7. The summed E-state index contributed by atoms with van der Waals surface area (Å²) in [6.45, 7) is 4.58. The third-order valence-electron chi connectivity index (χ3n) is 4.35. The zero-order valence-electron chi connectivity index (χ0n) is 12.5. The maximum absolute atomic E-state index is 9.51. The van der Waals surface area contributed by atoms with Crippen molar-refractivity contribution in [2.24, 2.45) is 0 Å². The maximum atomic E-state index is 9.51. The van der Waals surface area contributed by atoms with E-state index >= 15 is 0 Å². The van der Waals surface area contributed by atoms with Gasteiger partial charge in [-0.15, -0.1) is 5.10 Å². The molecule has 0 spiro atoms. The summed E-state index contributed by atoms with van der Waals surface area (Å²) in [4.78, 5) is 5.65. The number of H-pyrrole nitrogens is 1. The van der Waals surface area contributed by atoms with Crippen molar-refractivity contribution in [3.05, 3.63) is 47.9 Å². The van der Waals surface area contributed by atoms with Crippen LogP contribution < -0.4 is 0 Å². The fourth-order valence-corrected chi connectivity index (χ4v) is 3.03. The van der Waals surface area contributed by atoms with Crippen LogP contribution in [0.2, 0.25) is 0 Å². The molecule has 1 atom stereocenters. The summed E-state index contributed by atoms with van der Waals surface area (Å²) in [6.07, 6.45) is 3.27. The number of likely N-dealkylation sites (tertiary alicyclic amines) is 1. The van der Waals surface area contributed by atoms with Crippen LogP contribution in [0.4, 0.5) is 0 Å². The molecule has 1 fully saturated rings. The van der Waals surface area contributed by atoms with E-state index in [1.807, 2.05) is 17.1 Å². The third kappa shape index (κ3) is 2.30. The van der Waals surface area contributed by atoms with E-state index in [1.54, 1.807) is 6.92 Å². The van der Waals surface area contributed by atoms with Crippen LogP contribution in [0.5, 0.6) is 0 Å². The first-order valence-corrected chi connectivity index (χ1v) is 7.58. The predicted molar refractivity (Wildman–Crippen MR) is 83.3 cm³/mol. The summed E-state index contributed by atoms with van der Waals surface area (Å²) in [7, 11) is 0. The highest BCUT2D eigenvalue weighted by atomic mass is 16.3. The Kier molecular flexibility index (Phi) is 3.20. The van der Waals surface area contributed by atoms with Gasteiger partial charge in [0.05, 0.1) is 18.3 Å². The van der Waals surface area contributed by atoms with Gasteiger partial charge in [-0.05, 0) is 24.6 Å². The summed E-state index contributed by atoms with van der Waals surface area (Å²) in [5.41, 5.74) is 3.17. The first kappa shape index (κ1) is 13.5. The molecule has 1 unspecified atom stereocenters. The van der Waals surface area contributed by atoms with Gasteiger partial charge >= 0.3 is 0 Å². The second kappa shape index (κ2) is 5.23. The van der Waals surface area contributed by atoms with Crippen LogP contribution in [0.25, 0.3) is 10.9 Å². The lowest BCUT2D eigenvalue weighted by atomic mass is 10.1. The fraction of sp³-hybridized carbons (Fsp3) is 0.375. The average molecular weight is 297 g/mol. The Balaban J connectivity index is 1.42. The number of benzene rings is 1. The number of hydrogen-bond donors (Lipinski definition) is 2. The number of aliphatic hydroxyl groups excluding tert-OH is 1. The van der Waals surface area contributed by atoms with Gasteiger partial charge in [0, 0.05) is 36.7 Å². The van der Waals surface area contributed by atoms with Crippen LogP contribution in [0, 0.1) is 0 Å². The van der Waals surface area contributed by atoms with Crippen molar-refractivity contribution in [1.29, 1.82) is 0 Å². The van der Waals surface area contributed by atoms with E-state index in [0.717, 1.165) is 19.6 Å². The molecule has 114 valence electrons. The summed E-state index contributed by atoms with van der Waals surface area (Å²) in [5.74, 6) is 0. The molecule has 3 heterocycles. The minimum atomic E-state index is -0.559. The van der Waals surface area contributed by atoms with Crippen LogP contribution >= 0.6 is 0 Å². The van der Waals surface area contributed by atoms with Gasteiger partial charge in [-0.25, -0.2) is 4.68 Å². The molecule has 4 rings (SSSR count). The first-order valence-electron chi connectivity index (χ1n) is 7.58. The van der Waals surface area contributed by atoms with Crippen molar-refractivity contribution in [3.63, 3.8) is 0 Å². The monoisotopic (exact) mass is 297 g/mol. The molecule has 6 nitrogen and oxygen atoms in total. The molecule has 22 heavy (non-hydrogen) atoms. The lowest BCUT2D eigenvalue weighted by Gasteiger charge is -2.39. The number of nitrogens with zero attached hydrogens (tertiary/aromatic N) is 4. The minimum absolute atomic E-state index is 0.352. The number of rotatable bonds is 4. The van der Waals surface area contributed by atoms with E-state index in [4.69, 9.17) is 0 Å². The number of hydrogen-bond acceptors (Lipinski definition) is 4. The van der Waals surface area contributed by atoms with E-state index in [1.165, 1.54) is 16.5 Å². The highest BCUT2D eigenvalue weighted by Crippen LogP contribution is 2.26. The van der Waals surface area contributed by atoms with Crippen molar-refractivity contribution in [3.8, 4) is 0 Å². The van der Waals surface area contributed by atoms with Gasteiger partial charge < -0.3 is 10.1 Å². The molecule has 2 N–H and O–H groups in total. The van der Waals surface area contributed by atoms with Crippen molar-refractivity contribution in [2.45, 2.75) is 25.6 Å². The molecule has 0 bridgehead atoms. The number of aliphatic hydroxyl groups is 1. The molecule has 1 saturated heterocycles. The molecular weight excluding hydrogens is 278 g/mol. The van der Waals surface area contributed by atoms with Crippen molar-refractivity contribution >= 4 is 10.9 Å². The van der Waals surface area contributed by atoms with Gasteiger partial charge in [0.25, 0.3) is 0 Å². The lowest BCUT2D eigenvalue weighted by Crippen LogP contribution is -2.47. The summed E-state index contributed by atoms with van der Waals surface area (Å²) >= 11 is 0. The Labute approximate surface area is 128 Å². The van der Waals surface area contributed by atoms with Crippen LogP contribution in [0.3, 0.4) is 0 Å². The molecule has 3 aromatic rings. The van der Waals surface area contributed by atoms with Crippen molar-refractivity contribution in [2.75, 3.05) is 13.1 Å². The standard InChI is InChI=1S/C16H19N5O/c1-11(22)16-10-21(19-18-16)13-8-20(9-13)7-12-3-2-4-15-14(12)5-6-17-15/h2-6,10-11,13,17,22H,7-9H2,1H3. The number of aromatic nitrogens is 4. The van der Waals surface area contributed by atoms with Crippen LogP contribution in [-0.4, -0.2) is 43.1 Å². The molecule has 0 amide bonds. The third-order valence-corrected chi connectivity index (χ3v) is 4.35. The van der Waals surface area contributed by atoms with Gasteiger partial charge in [-0.1, -0.05) is 17.3 Å². The molecule has 0 radical (unpaired) electrons. The van der Waals surface area contributed by atoms with Crippen LogP contribution in [0.15, 0.2) is 36.7 Å². The topological polar surface area (TPSA) is 70.0 Å². The first-order chi connectivity index (χ1) is 10.7. The van der Waals surface area contributed by atoms with Crippen molar-refractivity contribution < 1.29 is 5.11 Å². The molecule has 1 aliphatic rings. The van der Waals surface area contributed by atoms with Crippen molar-refractivity contribution in [1.82, 2.24) is 24.9 Å². The highest BCUT2D eigenvalue weighted by molar-refractivity contribution is 5.82. The van der Waals surface area contributed by atoms with Crippen LogP contribution in [-0.2, 0) is 6.54 Å². The molecule has 0 saturated carbocycles. The molecule has 1 aromatic carbocycles. The quantitative estimate of drug-likeness (QED) is 0.771. The highest BCUT2D eigenvalue weighted by Gasteiger charge is 2.29. The largest absolute Gasteiger partial charge is 0.387 e. The molecule has 2 aromatic heterocycles. The zero-order chi connectivity index (χ0) is 15.1. The average Bonchev–Trinajstić information content (AvgIpc) is 3.11. The Hall–Kier alpha value is -2.18. The number of aromatic amines is 1. The van der Waals surface area contributed by atoms with E-state index < -0.39 is 6.10 Å². The molecule has 0 aliphatic carbocycles. The van der Waals surface area contributed by atoms with Gasteiger partial charge in [0.1, 0.15) is 5.69 Å². The molecular formula is C16H19N5O. The van der Waals surface area contributed by atoms with Gasteiger partial charge in [-0.3, -0.25) is 4.90 Å². The Morgan fingerprint density at radius 2 is 2.23 bits per heavy atom. The van der Waals surface area contributed by atoms with Gasteiger partial charge in [0.15, 0.2) is 0 Å². The number of fused-ring (bicyclic) bond motifs is 1. The Bertz CT molecular complexity index is 785. The van der Waals surface area contributed by atoms with E-state index in [9.17, 15) is 5.11 Å². The van der Waals surface area contributed by atoms with E-state index in [2.05, 4.69) is 44.5 Å². The Morgan fingerprint density at radius 1 is 1.36 bits per heavy atom. The second-order valence-electron chi connectivity index (χ2n) is 6.00. The van der Waals surface area contributed by atoms with Crippen LogP contribution in [0.1, 0.15) is 30.3 Å². The minimum Gasteiger partial charge on any atom is -0.387 e. The smallest absolute Gasteiger partial charge is 0.111 e. The summed E-state index contributed by atoms with van der Waals surface area (Å²) in [5, 5.41) is 18.9. The Morgan fingerprint density at radius 3 is 3.00 bits per heavy atom. The summed E-state index contributed by atoms with van der Waals surface area (Å²) in [6, 6.07) is 8.87. The zero-order valence-corrected chi connectivity index (χ0v) is 12.5. The van der Waals surface area contributed by atoms with E-state index in [-0.39, 0.29) is 0 Å². The summed E-state index contributed by atoms with van der Waals surface area (Å²) < 4.78 is 1.87. The molecule has 1 aliphatic heterocycles. The number of nitrogens with one attached hydrogen (secondary N) is 1. The van der Waals surface area contributed by atoms with Gasteiger partial charge in [0.2, 0.25) is 0 Å². The van der Waals surface area contributed by atoms with E-state index in [0.29, 0.717) is 11.7 Å². The molecule has 6 heteroatoms. The second-order valence-corrected chi connectivity index (χ2v) is 6.00.